The van der Waals surface area contributed by atoms with E-state index in [0.717, 1.165) is 5.56 Å². The highest BCUT2D eigenvalue weighted by molar-refractivity contribution is 6.32. The minimum Gasteiger partial charge on any atom is -0.490 e. The molecule has 0 atom stereocenters. The van der Waals surface area contributed by atoms with E-state index in [1.165, 1.54) is 17.3 Å². The summed E-state index contributed by atoms with van der Waals surface area (Å²) in [6, 6.07) is 3.61. The van der Waals surface area contributed by atoms with Gasteiger partial charge in [-0.3, -0.25) is 0 Å². The van der Waals surface area contributed by atoms with Crippen LogP contribution in [0.25, 0.3) is 0 Å². The summed E-state index contributed by atoms with van der Waals surface area (Å²) in [5.41, 5.74) is 0.799. The molecule has 0 amide bonds. The molecule has 0 fully saturated rings. The summed E-state index contributed by atoms with van der Waals surface area (Å²) < 4.78 is 12.8. The standard InChI is InChI=1S/C14H17ClN4O2/c1-4-20-13-6-11(7-18-19-8-16-17-9-19)5-12(15)14(13)21-10(2)3/h5-10H,4H2,1-3H3/b18-7-. The zero-order valence-corrected chi connectivity index (χ0v) is 12.9. The molecule has 1 aromatic heterocycles. The van der Waals surface area contributed by atoms with Gasteiger partial charge in [0.1, 0.15) is 12.7 Å². The molecular formula is C14H17ClN4O2. The number of hydrogen-bond acceptors (Lipinski definition) is 5. The molecule has 0 aliphatic carbocycles. The third-order valence-electron chi connectivity index (χ3n) is 2.43. The molecular weight excluding hydrogens is 292 g/mol. The van der Waals surface area contributed by atoms with Crippen LogP contribution in [0.5, 0.6) is 11.5 Å². The summed E-state index contributed by atoms with van der Waals surface area (Å²) in [6.45, 7) is 6.31. The van der Waals surface area contributed by atoms with Gasteiger partial charge in [-0.05, 0) is 38.5 Å². The Morgan fingerprint density at radius 1 is 1.33 bits per heavy atom. The predicted molar refractivity (Wildman–Crippen MR) is 81.4 cm³/mol. The van der Waals surface area contributed by atoms with Gasteiger partial charge < -0.3 is 9.47 Å². The molecule has 0 radical (unpaired) electrons. The molecule has 0 unspecified atom stereocenters. The van der Waals surface area contributed by atoms with E-state index in [0.29, 0.717) is 23.1 Å². The molecule has 112 valence electrons. The lowest BCUT2D eigenvalue weighted by Gasteiger charge is -2.16. The smallest absolute Gasteiger partial charge is 0.180 e. The normalized spacial score (nSPS) is 11.3. The fraction of sp³-hybridized carbons (Fsp3) is 0.357. The molecule has 0 aliphatic rings. The van der Waals surface area contributed by atoms with Gasteiger partial charge in [0, 0.05) is 0 Å². The second kappa shape index (κ2) is 7.08. The van der Waals surface area contributed by atoms with Crippen molar-refractivity contribution in [2.24, 2.45) is 5.10 Å². The number of hydrogen-bond donors (Lipinski definition) is 0. The third kappa shape index (κ3) is 4.19. The van der Waals surface area contributed by atoms with Crippen molar-refractivity contribution in [3.8, 4) is 11.5 Å². The van der Waals surface area contributed by atoms with Crippen molar-refractivity contribution >= 4 is 17.8 Å². The van der Waals surface area contributed by atoms with Crippen molar-refractivity contribution in [1.29, 1.82) is 0 Å². The summed E-state index contributed by atoms with van der Waals surface area (Å²) in [7, 11) is 0. The number of halogens is 1. The molecule has 6 nitrogen and oxygen atoms in total. The van der Waals surface area contributed by atoms with Gasteiger partial charge in [-0.25, -0.2) is 4.68 Å². The first-order valence-corrected chi connectivity index (χ1v) is 7.00. The molecule has 7 heteroatoms. The molecule has 21 heavy (non-hydrogen) atoms. The van der Waals surface area contributed by atoms with Gasteiger partial charge in [-0.2, -0.15) is 5.10 Å². The maximum absolute atomic E-state index is 6.28. The topological polar surface area (TPSA) is 61.5 Å². The van der Waals surface area contributed by atoms with Crippen molar-refractivity contribution in [3.63, 3.8) is 0 Å². The number of ether oxygens (including phenoxy) is 2. The van der Waals surface area contributed by atoms with Crippen molar-refractivity contribution < 1.29 is 9.47 Å². The molecule has 2 aromatic rings. The van der Waals surface area contributed by atoms with Crippen molar-refractivity contribution in [2.75, 3.05) is 6.61 Å². The van der Waals surface area contributed by atoms with E-state index in [1.54, 1.807) is 12.3 Å². The lowest BCUT2D eigenvalue weighted by Crippen LogP contribution is -2.08. The number of rotatable bonds is 6. The Kier molecular flexibility index (Phi) is 5.16. The van der Waals surface area contributed by atoms with E-state index in [9.17, 15) is 0 Å². The second-order valence-corrected chi connectivity index (χ2v) is 4.92. The van der Waals surface area contributed by atoms with Crippen molar-refractivity contribution in [2.45, 2.75) is 26.9 Å². The lowest BCUT2D eigenvalue weighted by molar-refractivity contribution is 0.224. The van der Waals surface area contributed by atoms with Crippen LogP contribution in [0.4, 0.5) is 0 Å². The molecule has 1 aromatic carbocycles. The van der Waals surface area contributed by atoms with Gasteiger partial charge in [0.2, 0.25) is 0 Å². The van der Waals surface area contributed by atoms with Gasteiger partial charge in [-0.15, -0.1) is 10.2 Å². The summed E-state index contributed by atoms with van der Waals surface area (Å²) in [4.78, 5) is 0. The largest absolute Gasteiger partial charge is 0.490 e. The number of benzene rings is 1. The Labute approximate surface area is 128 Å². The van der Waals surface area contributed by atoms with Gasteiger partial charge in [0.05, 0.1) is 23.9 Å². The summed E-state index contributed by atoms with van der Waals surface area (Å²) in [5.74, 6) is 1.15. The van der Waals surface area contributed by atoms with E-state index >= 15 is 0 Å². The quantitative estimate of drug-likeness (QED) is 0.770. The lowest BCUT2D eigenvalue weighted by atomic mass is 10.2. The first kappa shape index (κ1) is 15.3. The monoisotopic (exact) mass is 308 g/mol. The predicted octanol–water partition coefficient (Wildman–Crippen LogP) is 3.00. The van der Waals surface area contributed by atoms with E-state index in [1.807, 2.05) is 26.8 Å². The zero-order chi connectivity index (χ0) is 15.2. The third-order valence-corrected chi connectivity index (χ3v) is 2.71. The van der Waals surface area contributed by atoms with Crippen molar-refractivity contribution in [3.05, 3.63) is 35.4 Å². The molecule has 1 heterocycles. The van der Waals surface area contributed by atoms with E-state index in [2.05, 4.69) is 15.3 Å². The number of nitrogens with zero attached hydrogens (tertiary/aromatic N) is 4. The molecule has 2 rings (SSSR count). The van der Waals surface area contributed by atoms with Crippen LogP contribution >= 0.6 is 11.6 Å². The van der Waals surface area contributed by atoms with Gasteiger partial charge in [0.15, 0.2) is 11.5 Å². The van der Waals surface area contributed by atoms with Crippen LogP contribution in [0.1, 0.15) is 26.3 Å². The maximum Gasteiger partial charge on any atom is 0.180 e. The average molecular weight is 309 g/mol. The Balaban J connectivity index is 2.31. The van der Waals surface area contributed by atoms with Crippen LogP contribution in [0.2, 0.25) is 5.02 Å². The first-order valence-electron chi connectivity index (χ1n) is 6.62. The Bertz CT molecular complexity index is 612. The van der Waals surface area contributed by atoms with Crippen LogP contribution in [-0.2, 0) is 0 Å². The number of aromatic nitrogens is 3. The van der Waals surface area contributed by atoms with Crippen LogP contribution in [0.15, 0.2) is 29.9 Å². The fourth-order valence-corrected chi connectivity index (χ4v) is 1.93. The Morgan fingerprint density at radius 2 is 2.05 bits per heavy atom. The first-order chi connectivity index (χ1) is 10.1. The average Bonchev–Trinajstić information content (AvgIpc) is 2.93. The van der Waals surface area contributed by atoms with Crippen molar-refractivity contribution in [1.82, 2.24) is 14.9 Å². The van der Waals surface area contributed by atoms with Crippen LogP contribution in [0, 0.1) is 0 Å². The molecule has 0 N–H and O–H groups in total. The zero-order valence-electron chi connectivity index (χ0n) is 12.2. The highest BCUT2D eigenvalue weighted by atomic mass is 35.5. The molecule has 0 aliphatic heterocycles. The second-order valence-electron chi connectivity index (χ2n) is 4.52. The van der Waals surface area contributed by atoms with Crippen LogP contribution < -0.4 is 9.47 Å². The maximum atomic E-state index is 6.28. The van der Waals surface area contributed by atoms with Gasteiger partial charge >= 0.3 is 0 Å². The van der Waals surface area contributed by atoms with Gasteiger partial charge in [-0.1, -0.05) is 11.6 Å². The molecule has 0 saturated heterocycles. The summed E-state index contributed by atoms with van der Waals surface area (Å²) in [6.07, 6.45) is 4.66. The highest BCUT2D eigenvalue weighted by Gasteiger charge is 2.13. The molecule has 0 bridgehead atoms. The van der Waals surface area contributed by atoms with Gasteiger partial charge in [0.25, 0.3) is 0 Å². The summed E-state index contributed by atoms with van der Waals surface area (Å²) in [5, 5.41) is 12.0. The SMILES string of the molecule is CCOc1cc(/C=N\n2cnnc2)cc(Cl)c1OC(C)C. The van der Waals surface area contributed by atoms with E-state index in [4.69, 9.17) is 21.1 Å². The van der Waals surface area contributed by atoms with E-state index < -0.39 is 0 Å². The Morgan fingerprint density at radius 3 is 2.67 bits per heavy atom. The fourth-order valence-electron chi connectivity index (χ4n) is 1.66. The van der Waals surface area contributed by atoms with Crippen LogP contribution in [0.3, 0.4) is 0 Å². The van der Waals surface area contributed by atoms with Crippen LogP contribution in [-0.4, -0.2) is 33.8 Å². The highest BCUT2D eigenvalue weighted by Crippen LogP contribution is 2.37. The minimum absolute atomic E-state index is 0.0123. The van der Waals surface area contributed by atoms with E-state index in [-0.39, 0.29) is 6.10 Å². The molecule has 0 saturated carbocycles. The minimum atomic E-state index is 0.0123. The molecule has 0 spiro atoms. The Hall–Kier alpha value is -2.08. The summed E-state index contributed by atoms with van der Waals surface area (Å²) >= 11 is 6.28.